The second-order valence-corrected chi connectivity index (χ2v) is 10.0. The number of hydrogen-bond acceptors (Lipinski definition) is 5. The quantitative estimate of drug-likeness (QED) is 0.224. The van der Waals surface area contributed by atoms with Crippen molar-refractivity contribution in [3.05, 3.63) is 112 Å². The average molecular weight is 547 g/mol. The largest absolute Gasteiger partial charge is 0.465 e. The van der Waals surface area contributed by atoms with Crippen molar-refractivity contribution < 1.29 is 14.3 Å². The lowest BCUT2D eigenvalue weighted by Gasteiger charge is -2.36. The maximum Gasteiger partial charge on any atom is 0.341 e. The molecule has 0 saturated carbocycles. The summed E-state index contributed by atoms with van der Waals surface area (Å²) in [6.07, 6.45) is 0. The Labute approximate surface area is 233 Å². The van der Waals surface area contributed by atoms with E-state index in [-0.39, 0.29) is 0 Å². The van der Waals surface area contributed by atoms with Gasteiger partial charge in [-0.15, -0.1) is 0 Å². The minimum Gasteiger partial charge on any atom is -0.465 e. The number of nitrogens with zero attached hydrogens (tertiary/aromatic N) is 2. The Morgan fingerprint density at radius 1 is 0.816 bits per heavy atom. The smallest absolute Gasteiger partial charge is 0.341 e. The molecule has 0 N–H and O–H groups in total. The van der Waals surface area contributed by atoms with E-state index in [1.165, 1.54) is 23.8 Å². The van der Waals surface area contributed by atoms with E-state index < -0.39 is 5.97 Å². The summed E-state index contributed by atoms with van der Waals surface area (Å²) in [5, 5.41) is 1.30. The van der Waals surface area contributed by atoms with Gasteiger partial charge in [0.25, 0.3) is 0 Å². The third kappa shape index (κ3) is 6.13. The lowest BCUT2D eigenvalue weighted by atomic mass is 9.99. The van der Waals surface area contributed by atoms with Crippen LogP contribution in [0.4, 0.5) is 5.69 Å². The molecule has 0 atom stereocenters. The van der Waals surface area contributed by atoms with Crippen LogP contribution in [0.15, 0.2) is 91.0 Å². The SMILES string of the molecule is COC(=O)c1ccc(N2CCN(Cc3ccccc3-c3ccc(Cl)cc3)CC2)cc1Oc1cccc(Cl)c1. The van der Waals surface area contributed by atoms with Gasteiger partial charge in [-0.25, -0.2) is 4.79 Å². The first-order valence-corrected chi connectivity index (χ1v) is 13.2. The first-order valence-electron chi connectivity index (χ1n) is 12.5. The zero-order chi connectivity index (χ0) is 26.5. The van der Waals surface area contributed by atoms with Gasteiger partial charge in [-0.2, -0.15) is 0 Å². The first kappa shape index (κ1) is 26.1. The van der Waals surface area contributed by atoms with E-state index in [9.17, 15) is 4.79 Å². The van der Waals surface area contributed by atoms with Crippen molar-refractivity contribution in [1.82, 2.24) is 4.90 Å². The molecule has 0 spiro atoms. The van der Waals surface area contributed by atoms with Crippen LogP contribution in [-0.2, 0) is 11.3 Å². The van der Waals surface area contributed by atoms with Gasteiger partial charge in [0.2, 0.25) is 0 Å². The zero-order valence-electron chi connectivity index (χ0n) is 21.1. The van der Waals surface area contributed by atoms with Crippen molar-refractivity contribution >= 4 is 34.9 Å². The number of piperazine rings is 1. The van der Waals surface area contributed by atoms with Crippen LogP contribution in [0, 0.1) is 0 Å². The van der Waals surface area contributed by atoms with E-state index >= 15 is 0 Å². The minimum absolute atomic E-state index is 0.369. The molecule has 5 rings (SSSR count). The molecule has 1 aliphatic heterocycles. The second-order valence-electron chi connectivity index (χ2n) is 9.16. The van der Waals surface area contributed by atoms with Crippen LogP contribution in [-0.4, -0.2) is 44.2 Å². The Morgan fingerprint density at radius 2 is 1.58 bits per heavy atom. The molecule has 5 nitrogen and oxygen atoms in total. The van der Waals surface area contributed by atoms with Crippen LogP contribution in [0.3, 0.4) is 0 Å². The third-order valence-corrected chi connectivity index (χ3v) is 7.19. The molecule has 0 bridgehead atoms. The summed E-state index contributed by atoms with van der Waals surface area (Å²) in [6, 6.07) is 29.3. The Kier molecular flexibility index (Phi) is 8.18. The predicted molar refractivity (Wildman–Crippen MR) is 154 cm³/mol. The molecular weight excluding hydrogens is 519 g/mol. The van der Waals surface area contributed by atoms with Gasteiger partial charge in [0.05, 0.1) is 7.11 Å². The fraction of sp³-hybridized carbons (Fsp3) is 0.194. The molecule has 0 aliphatic carbocycles. The molecule has 1 fully saturated rings. The monoisotopic (exact) mass is 546 g/mol. The summed E-state index contributed by atoms with van der Waals surface area (Å²) in [4.78, 5) is 17.2. The molecule has 194 valence electrons. The van der Waals surface area contributed by atoms with Crippen molar-refractivity contribution in [2.45, 2.75) is 6.54 Å². The summed E-state index contributed by atoms with van der Waals surface area (Å²) in [6.45, 7) is 4.42. The molecule has 4 aromatic rings. The molecule has 1 heterocycles. The van der Waals surface area contributed by atoms with Crippen LogP contribution in [0.25, 0.3) is 11.1 Å². The number of hydrogen-bond donors (Lipinski definition) is 0. The Hall–Kier alpha value is -3.51. The minimum atomic E-state index is -0.447. The zero-order valence-corrected chi connectivity index (χ0v) is 22.6. The van der Waals surface area contributed by atoms with Crippen molar-refractivity contribution in [3.8, 4) is 22.6 Å². The normalized spacial score (nSPS) is 13.8. The number of rotatable bonds is 7. The summed E-state index contributed by atoms with van der Waals surface area (Å²) in [5.74, 6) is 0.553. The van der Waals surface area contributed by atoms with Crippen molar-refractivity contribution in [1.29, 1.82) is 0 Å². The molecule has 1 saturated heterocycles. The topological polar surface area (TPSA) is 42.0 Å². The average Bonchev–Trinajstić information content (AvgIpc) is 2.94. The van der Waals surface area contributed by atoms with Gasteiger partial charge < -0.3 is 14.4 Å². The summed E-state index contributed by atoms with van der Waals surface area (Å²) in [5.41, 5.74) is 5.06. The second kappa shape index (κ2) is 11.9. The molecule has 1 aliphatic rings. The molecule has 7 heteroatoms. The predicted octanol–water partition coefficient (Wildman–Crippen LogP) is 7.56. The Balaban J connectivity index is 1.29. The Bertz CT molecular complexity index is 1420. The van der Waals surface area contributed by atoms with E-state index in [2.05, 4.69) is 46.2 Å². The third-order valence-electron chi connectivity index (χ3n) is 6.70. The van der Waals surface area contributed by atoms with Gasteiger partial charge in [-0.05, 0) is 59.2 Å². The van der Waals surface area contributed by atoms with E-state index in [0.717, 1.165) is 43.4 Å². The number of halogens is 2. The Morgan fingerprint density at radius 3 is 2.32 bits per heavy atom. The molecule has 4 aromatic carbocycles. The van der Waals surface area contributed by atoms with Gasteiger partial charge in [0.1, 0.15) is 17.1 Å². The molecule has 0 radical (unpaired) electrons. The summed E-state index contributed by atoms with van der Waals surface area (Å²) < 4.78 is 11.0. The standard InChI is InChI=1S/C31H28Cl2N2O3/c1-37-31(36)29-14-13-26(20-30(29)38-27-7-4-6-25(33)19-27)35-17-15-34(16-18-35)21-23-5-2-3-8-28(23)22-9-11-24(32)12-10-22/h2-14,19-20H,15-18,21H2,1H3. The van der Waals surface area contributed by atoms with Crippen LogP contribution >= 0.6 is 23.2 Å². The number of carbonyl (C=O) groups excluding carboxylic acids is 1. The van der Waals surface area contributed by atoms with Gasteiger partial charge in [-0.1, -0.05) is 65.7 Å². The molecular formula is C31H28Cl2N2O3. The maximum atomic E-state index is 12.4. The highest BCUT2D eigenvalue weighted by atomic mass is 35.5. The van der Waals surface area contributed by atoms with E-state index in [1.54, 1.807) is 24.3 Å². The van der Waals surface area contributed by atoms with Gasteiger partial charge in [0, 0.05) is 54.5 Å². The fourth-order valence-corrected chi connectivity index (χ4v) is 5.01. The van der Waals surface area contributed by atoms with Crippen LogP contribution in [0.1, 0.15) is 15.9 Å². The van der Waals surface area contributed by atoms with Crippen LogP contribution in [0.5, 0.6) is 11.5 Å². The first-order chi connectivity index (χ1) is 18.5. The van der Waals surface area contributed by atoms with E-state index in [1.807, 2.05) is 30.3 Å². The van der Waals surface area contributed by atoms with E-state index in [0.29, 0.717) is 22.1 Å². The highest BCUT2D eigenvalue weighted by molar-refractivity contribution is 6.31. The molecule has 0 aromatic heterocycles. The number of ether oxygens (including phenoxy) is 2. The number of carbonyl (C=O) groups is 1. The van der Waals surface area contributed by atoms with Crippen molar-refractivity contribution in [2.75, 3.05) is 38.2 Å². The summed E-state index contributed by atoms with van der Waals surface area (Å²) >= 11 is 12.2. The number of methoxy groups -OCH3 is 1. The lowest BCUT2D eigenvalue weighted by Crippen LogP contribution is -2.46. The van der Waals surface area contributed by atoms with Crippen molar-refractivity contribution in [3.63, 3.8) is 0 Å². The van der Waals surface area contributed by atoms with Crippen LogP contribution < -0.4 is 9.64 Å². The molecule has 0 amide bonds. The van der Waals surface area contributed by atoms with E-state index in [4.69, 9.17) is 32.7 Å². The number of benzene rings is 4. The van der Waals surface area contributed by atoms with Crippen LogP contribution in [0.2, 0.25) is 10.0 Å². The summed E-state index contributed by atoms with van der Waals surface area (Å²) in [7, 11) is 1.36. The number of anilines is 1. The van der Waals surface area contributed by atoms with Crippen molar-refractivity contribution in [2.24, 2.45) is 0 Å². The highest BCUT2D eigenvalue weighted by Crippen LogP contribution is 2.32. The molecule has 0 unspecified atom stereocenters. The lowest BCUT2D eigenvalue weighted by molar-refractivity contribution is 0.0598. The fourth-order valence-electron chi connectivity index (χ4n) is 4.70. The molecule has 38 heavy (non-hydrogen) atoms. The highest BCUT2D eigenvalue weighted by Gasteiger charge is 2.21. The van der Waals surface area contributed by atoms with Gasteiger partial charge >= 0.3 is 5.97 Å². The maximum absolute atomic E-state index is 12.4. The van der Waals surface area contributed by atoms with Gasteiger partial charge in [0.15, 0.2) is 0 Å². The van der Waals surface area contributed by atoms with Gasteiger partial charge in [-0.3, -0.25) is 4.90 Å². The number of esters is 1.